The lowest BCUT2D eigenvalue weighted by Gasteiger charge is -2.48. The molecular weight excluding hydrogens is 452 g/mol. The first-order chi connectivity index (χ1) is 15.9. The molecule has 1 aliphatic heterocycles. The Kier molecular flexibility index (Phi) is 7.72. The molecule has 2 aromatic carbocycles. The van der Waals surface area contributed by atoms with Crippen molar-refractivity contribution < 1.29 is 9.00 Å². The molecule has 1 saturated carbocycles. The number of halogens is 1. The first kappa shape index (κ1) is 24.2. The molecule has 0 radical (unpaired) electrons. The summed E-state index contributed by atoms with van der Waals surface area (Å²) in [5.74, 6) is 1.08. The molecule has 4 atom stereocenters. The van der Waals surface area contributed by atoms with Crippen LogP contribution >= 0.6 is 11.6 Å². The highest BCUT2D eigenvalue weighted by Gasteiger charge is 2.49. The Morgan fingerprint density at radius 2 is 1.88 bits per heavy atom. The fourth-order valence-electron chi connectivity index (χ4n) is 4.98. The average molecular weight is 485 g/mol. The fourth-order valence-corrected chi connectivity index (χ4v) is 6.06. The molecule has 176 valence electrons. The normalized spacial score (nSPS) is 25.0. The van der Waals surface area contributed by atoms with Gasteiger partial charge in [-0.3, -0.25) is 4.79 Å². The minimum Gasteiger partial charge on any atom is -0.331 e. The highest BCUT2D eigenvalue weighted by molar-refractivity contribution is 7.82. The van der Waals surface area contributed by atoms with Gasteiger partial charge in [-0.05, 0) is 61.3 Å². The van der Waals surface area contributed by atoms with Crippen LogP contribution in [0.15, 0.2) is 67.3 Å². The highest BCUT2D eigenvalue weighted by atomic mass is 35.5. The van der Waals surface area contributed by atoms with Gasteiger partial charge in [0.2, 0.25) is 5.91 Å². The van der Waals surface area contributed by atoms with E-state index in [1.807, 2.05) is 60.7 Å². The van der Waals surface area contributed by atoms with Crippen LogP contribution in [0.5, 0.6) is 0 Å². The van der Waals surface area contributed by atoms with E-state index in [2.05, 4.69) is 23.1 Å². The second kappa shape index (κ2) is 10.5. The largest absolute Gasteiger partial charge is 0.331 e. The summed E-state index contributed by atoms with van der Waals surface area (Å²) in [6.45, 7) is 6.49. The van der Waals surface area contributed by atoms with Crippen LogP contribution in [0.4, 0.5) is 0 Å². The van der Waals surface area contributed by atoms with Crippen molar-refractivity contribution in [2.75, 3.05) is 6.54 Å². The van der Waals surface area contributed by atoms with E-state index in [4.69, 9.17) is 11.6 Å². The zero-order valence-corrected chi connectivity index (χ0v) is 20.8. The van der Waals surface area contributed by atoms with Gasteiger partial charge in [0, 0.05) is 17.6 Å². The Morgan fingerprint density at radius 3 is 2.52 bits per heavy atom. The smallest absolute Gasteiger partial charge is 0.229 e. The van der Waals surface area contributed by atoms with E-state index in [-0.39, 0.29) is 18.0 Å². The lowest BCUT2D eigenvalue weighted by Crippen LogP contribution is -2.56. The molecule has 1 heterocycles. The summed E-state index contributed by atoms with van der Waals surface area (Å²) in [5, 5.41) is 0.695. The van der Waals surface area contributed by atoms with E-state index in [0.29, 0.717) is 29.7 Å². The molecule has 1 aliphatic carbocycles. The zero-order chi connectivity index (χ0) is 23.4. The molecule has 0 aromatic heterocycles. The first-order valence-corrected chi connectivity index (χ1v) is 13.5. The molecule has 4 nitrogen and oxygen atoms in total. The third kappa shape index (κ3) is 5.76. The lowest BCUT2D eigenvalue weighted by molar-refractivity contribution is -0.153. The number of carbonyl (C=O) groups is 1. The molecule has 2 aliphatic rings. The van der Waals surface area contributed by atoms with Crippen LogP contribution in [-0.4, -0.2) is 27.6 Å². The number of rotatable bonds is 10. The average Bonchev–Trinajstić information content (AvgIpc) is 3.64. The molecule has 0 spiro atoms. The molecule has 6 heteroatoms. The molecule has 2 unspecified atom stereocenters. The predicted octanol–water partition coefficient (Wildman–Crippen LogP) is 5.82. The van der Waals surface area contributed by atoms with Gasteiger partial charge in [-0.2, -0.15) is 0 Å². The van der Waals surface area contributed by atoms with Crippen LogP contribution in [0.2, 0.25) is 5.02 Å². The second-order valence-electron chi connectivity index (χ2n) is 9.60. The molecule has 2 fully saturated rings. The Bertz CT molecular complexity index is 993. The van der Waals surface area contributed by atoms with Crippen molar-refractivity contribution in [2.24, 2.45) is 11.3 Å². The Labute approximate surface area is 205 Å². The van der Waals surface area contributed by atoms with Crippen molar-refractivity contribution in [2.45, 2.75) is 56.9 Å². The number of amides is 1. The minimum absolute atomic E-state index is 0.00242. The van der Waals surface area contributed by atoms with E-state index < -0.39 is 16.4 Å². The predicted molar refractivity (Wildman–Crippen MR) is 136 cm³/mol. The van der Waals surface area contributed by atoms with Crippen LogP contribution < -0.4 is 4.72 Å². The fraction of sp³-hybridized carbons (Fsp3) is 0.444. The lowest BCUT2D eigenvalue weighted by atomic mass is 9.74. The van der Waals surface area contributed by atoms with Crippen molar-refractivity contribution in [3.8, 4) is 0 Å². The van der Waals surface area contributed by atoms with Gasteiger partial charge < -0.3 is 4.90 Å². The Hall–Kier alpha value is -1.95. The number of benzene rings is 2. The summed E-state index contributed by atoms with van der Waals surface area (Å²) in [4.78, 5) is 16.1. The van der Waals surface area contributed by atoms with Crippen molar-refractivity contribution in [1.29, 1.82) is 0 Å². The minimum atomic E-state index is -1.20. The standard InChI is InChI=1S/C27H33ClN2O2S/c1-3-16-27(2)17-15-24(21-11-13-23(28)14-12-21)30(26(27)31)25(22-9-10-22)18-29-33(32)19-20-7-5-4-6-8-20/h3-8,11-14,22,24-25,29H,1,9-10,15-19H2,2H3/t24-,25?,27-,33?/m0/s1. The topological polar surface area (TPSA) is 49.4 Å². The van der Waals surface area contributed by atoms with Crippen molar-refractivity contribution >= 4 is 28.5 Å². The van der Waals surface area contributed by atoms with Gasteiger partial charge in [-0.25, -0.2) is 8.93 Å². The summed E-state index contributed by atoms with van der Waals surface area (Å²) in [5.41, 5.74) is 1.71. The molecule has 4 rings (SSSR count). The quantitative estimate of drug-likeness (QED) is 0.432. The van der Waals surface area contributed by atoms with Crippen LogP contribution in [0.25, 0.3) is 0 Å². The summed E-state index contributed by atoms with van der Waals surface area (Å²) in [6.07, 6.45) is 6.46. The number of allylic oxidation sites excluding steroid dienone is 1. The number of nitrogens with zero attached hydrogens (tertiary/aromatic N) is 1. The van der Waals surface area contributed by atoms with Crippen molar-refractivity contribution in [1.82, 2.24) is 9.62 Å². The van der Waals surface area contributed by atoms with Gasteiger partial charge in [0.15, 0.2) is 0 Å². The van der Waals surface area contributed by atoms with Crippen molar-refractivity contribution in [3.05, 3.63) is 83.4 Å². The molecule has 1 N–H and O–H groups in total. The maximum absolute atomic E-state index is 13.9. The van der Waals surface area contributed by atoms with E-state index in [1.54, 1.807) is 0 Å². The SMILES string of the molecule is C=CC[C@@]1(C)CC[C@@H](c2ccc(Cl)cc2)N(C(CNS(=O)Cc2ccccc2)C2CC2)C1=O. The molecule has 2 aromatic rings. The van der Waals surface area contributed by atoms with Crippen LogP contribution in [0.1, 0.15) is 56.2 Å². The third-order valence-corrected chi connectivity index (χ3v) is 8.36. The van der Waals surface area contributed by atoms with Crippen LogP contribution in [0.3, 0.4) is 0 Å². The van der Waals surface area contributed by atoms with Gasteiger partial charge in [0.25, 0.3) is 0 Å². The number of piperidine rings is 1. The number of hydrogen-bond acceptors (Lipinski definition) is 2. The van der Waals surface area contributed by atoms with Crippen molar-refractivity contribution in [3.63, 3.8) is 0 Å². The third-order valence-electron chi connectivity index (χ3n) is 7.02. The molecule has 33 heavy (non-hydrogen) atoms. The summed E-state index contributed by atoms with van der Waals surface area (Å²) >= 11 is 6.14. The molecule has 0 bridgehead atoms. The maximum Gasteiger partial charge on any atom is 0.229 e. The Balaban J connectivity index is 1.57. The van der Waals surface area contributed by atoms with Gasteiger partial charge >= 0.3 is 0 Å². The van der Waals surface area contributed by atoms with Gasteiger partial charge in [0.05, 0.1) is 28.2 Å². The zero-order valence-electron chi connectivity index (χ0n) is 19.2. The first-order valence-electron chi connectivity index (χ1n) is 11.8. The monoisotopic (exact) mass is 484 g/mol. The number of likely N-dealkylation sites (tertiary alicyclic amines) is 1. The van der Waals surface area contributed by atoms with Gasteiger partial charge in [-0.15, -0.1) is 6.58 Å². The molecule has 1 amide bonds. The summed E-state index contributed by atoms with van der Waals surface area (Å²) in [7, 11) is -1.20. The van der Waals surface area contributed by atoms with E-state index in [1.165, 1.54) is 0 Å². The number of hydrogen-bond donors (Lipinski definition) is 1. The summed E-state index contributed by atoms with van der Waals surface area (Å²) in [6, 6.07) is 17.8. The van der Waals surface area contributed by atoms with Crippen LogP contribution in [-0.2, 0) is 21.5 Å². The van der Waals surface area contributed by atoms with Gasteiger partial charge in [-0.1, -0.05) is 67.1 Å². The van der Waals surface area contributed by atoms with Crippen LogP contribution in [0, 0.1) is 11.3 Å². The second-order valence-corrected chi connectivity index (χ2v) is 11.3. The molecular formula is C27H33ClN2O2S. The summed E-state index contributed by atoms with van der Waals surface area (Å²) < 4.78 is 16.1. The molecule has 1 saturated heterocycles. The maximum atomic E-state index is 13.9. The van der Waals surface area contributed by atoms with E-state index in [0.717, 1.165) is 36.8 Å². The number of nitrogens with one attached hydrogen (secondary N) is 1. The highest BCUT2D eigenvalue weighted by Crippen LogP contribution is 2.47. The van der Waals surface area contributed by atoms with E-state index >= 15 is 0 Å². The Morgan fingerprint density at radius 1 is 1.18 bits per heavy atom. The number of carbonyl (C=O) groups excluding carboxylic acids is 1. The van der Waals surface area contributed by atoms with E-state index in [9.17, 15) is 9.00 Å². The van der Waals surface area contributed by atoms with Gasteiger partial charge in [0.1, 0.15) is 0 Å².